The molecular weight excluding hydrogens is 1410 g/mol. The van der Waals surface area contributed by atoms with Crippen molar-refractivity contribution in [3.63, 3.8) is 0 Å². The first kappa shape index (κ1) is 94.6. The van der Waals surface area contributed by atoms with E-state index in [-0.39, 0.29) is 18.7 Å². The van der Waals surface area contributed by atoms with E-state index in [1.807, 2.05) is 0 Å². The van der Waals surface area contributed by atoms with Crippen LogP contribution in [0.5, 0.6) is 0 Å². The Kier molecular flexibility index (Phi) is 44.5. The van der Waals surface area contributed by atoms with Gasteiger partial charge in [0, 0.05) is 32.1 Å². The molecule has 28 unspecified atom stereocenters. The third-order valence-corrected chi connectivity index (χ3v) is 21.2. The quantitative estimate of drug-likeness (QED) is 0.0364. The van der Waals surface area contributed by atoms with Gasteiger partial charge in [-0.05, 0) is 19.8 Å². The van der Waals surface area contributed by atoms with Gasteiger partial charge in [0.25, 0.3) is 5.79 Å². The van der Waals surface area contributed by atoms with Crippen molar-refractivity contribution in [1.82, 2.24) is 10.6 Å². The Morgan fingerprint density at radius 2 is 0.916 bits per heavy atom. The number of unbranched alkanes of at least 4 members (excludes halogenated alkanes) is 26. The van der Waals surface area contributed by atoms with Crippen LogP contribution in [-0.2, 0) is 66.5 Å². The van der Waals surface area contributed by atoms with Crippen molar-refractivity contribution in [2.24, 2.45) is 5.92 Å². The number of Topliss-reactive ketones (excluding diaryl/α,β-unsaturated/α-hetero) is 1. The van der Waals surface area contributed by atoms with Crippen LogP contribution < -0.4 is 10.6 Å². The number of rotatable bonds is 54. The first-order valence-corrected chi connectivity index (χ1v) is 39.6. The highest BCUT2D eigenvalue weighted by molar-refractivity contribution is 5.77. The highest BCUT2D eigenvalue weighted by Gasteiger charge is 2.62. The van der Waals surface area contributed by atoms with E-state index < -0.39 is 241 Å². The Bertz CT molecular complexity index is 2450. The van der Waals surface area contributed by atoms with Crippen LogP contribution in [0, 0.1) is 5.92 Å². The monoisotopic (exact) mass is 1550 g/mol. The van der Waals surface area contributed by atoms with Gasteiger partial charge in [0.15, 0.2) is 25.2 Å². The lowest BCUT2D eigenvalue weighted by Crippen LogP contribution is -2.71. The van der Waals surface area contributed by atoms with Crippen LogP contribution in [0.3, 0.4) is 0 Å². The fourth-order valence-electron chi connectivity index (χ4n) is 14.9. The maximum Gasteiger partial charge on any atom is 0.364 e. The van der Waals surface area contributed by atoms with E-state index in [4.69, 9.17) is 47.4 Å². The van der Waals surface area contributed by atoms with E-state index in [9.17, 15) is 106 Å². The summed E-state index contributed by atoms with van der Waals surface area (Å²) in [5.74, 6) is -9.02. The molecule has 0 spiro atoms. The van der Waals surface area contributed by atoms with Crippen LogP contribution >= 0.6 is 0 Å². The predicted octanol–water partition coefficient (Wildman–Crippen LogP) is 0.272. The standard InChI is InChI=1S/C74H134N2O31/c1-5-7-9-11-13-15-17-19-20-22-24-26-28-30-32-34-54(87)76-46(47(84)33-31-29-27-25-23-21-18-16-14-12-10-8-6-2)42-98-70-62(94)60(92)65(52(40-80)101-70)104-72-63(95)68(107-74(73(96)97)36-48(85)55(75-44(4)83)67(106-74)56(88)49(86)37-77)66(53(41-81)102-72)105-69-45(35-43(3)82)64(58(90)51(39-79)99-69)103-71-61(93)59(91)57(89)50(38-78)100-71/h45-53,55-72,77-81,84-86,88-95H,5-42H2,1-4H3,(H,75,83)(H,76,87)(H,96,97). The molecule has 107 heavy (non-hydrogen) atoms. The Labute approximate surface area is 629 Å². The lowest BCUT2D eigenvalue weighted by atomic mass is 9.86. The lowest BCUT2D eigenvalue weighted by Gasteiger charge is -2.52. The van der Waals surface area contributed by atoms with E-state index >= 15 is 0 Å². The molecule has 626 valence electrons. The molecule has 5 aliphatic heterocycles. The number of carboxylic acid groups (broad SMARTS) is 1. The minimum Gasteiger partial charge on any atom is -0.477 e. The average Bonchev–Trinajstić information content (AvgIpc) is 0.754. The van der Waals surface area contributed by atoms with Crippen LogP contribution in [-0.4, -0.2) is 315 Å². The zero-order valence-corrected chi connectivity index (χ0v) is 63.3. The number of carboxylic acids is 1. The number of ketones is 1. The van der Waals surface area contributed by atoms with Gasteiger partial charge in [0.2, 0.25) is 11.8 Å². The van der Waals surface area contributed by atoms with Gasteiger partial charge in [-0.25, -0.2) is 4.79 Å². The van der Waals surface area contributed by atoms with Crippen molar-refractivity contribution in [2.45, 2.75) is 398 Å². The summed E-state index contributed by atoms with van der Waals surface area (Å²) in [6.07, 6.45) is -18.3. The van der Waals surface area contributed by atoms with Crippen LogP contribution in [0.2, 0.25) is 0 Å². The summed E-state index contributed by atoms with van der Waals surface area (Å²) in [4.78, 5) is 53.1. The molecule has 5 fully saturated rings. The zero-order chi connectivity index (χ0) is 78.8. The Morgan fingerprint density at radius 1 is 0.477 bits per heavy atom. The maximum absolute atomic E-state index is 13.8. The maximum atomic E-state index is 13.8. The average molecular weight is 1550 g/mol. The van der Waals surface area contributed by atoms with Gasteiger partial charge < -0.3 is 150 Å². The van der Waals surface area contributed by atoms with Crippen molar-refractivity contribution in [3.8, 4) is 0 Å². The molecule has 2 amide bonds. The first-order valence-electron chi connectivity index (χ1n) is 39.6. The number of amides is 2. The van der Waals surface area contributed by atoms with E-state index in [1.54, 1.807) is 0 Å². The highest BCUT2D eigenvalue weighted by atomic mass is 16.8. The van der Waals surface area contributed by atoms with Gasteiger partial charge in [-0.15, -0.1) is 0 Å². The normalized spacial score (nSPS) is 34.6. The topological polar surface area (TPSA) is 529 Å². The smallest absolute Gasteiger partial charge is 0.364 e. The van der Waals surface area contributed by atoms with Crippen molar-refractivity contribution in [3.05, 3.63) is 0 Å². The number of carbonyl (C=O) groups is 4. The second-order valence-corrected chi connectivity index (χ2v) is 30.0. The SMILES string of the molecule is CCCCCCCCCCCCCCCCCC(=O)NC(COC1OC(CO)C(OC2OC(CO)C(OC3OC(CO)C(O)C(OC4OC(CO)C(O)C(O)C4O)C3CC(C)=O)C(OC3(C(=O)O)CC(O)C(NC(C)=O)C(C(O)C(O)CO)O3)C2O)C(O)C1O)C(O)CCCCCCCCCCCCCCC. The van der Waals surface area contributed by atoms with Crippen molar-refractivity contribution < 1.29 is 153 Å². The molecule has 0 bridgehead atoms. The van der Waals surface area contributed by atoms with Gasteiger partial charge in [0.1, 0.15) is 110 Å². The summed E-state index contributed by atoms with van der Waals surface area (Å²) in [6.45, 7) is 0.602. The minimum atomic E-state index is -3.36. The Balaban J connectivity index is 1.39. The summed E-state index contributed by atoms with van der Waals surface area (Å²) in [7, 11) is 0. The second kappa shape index (κ2) is 50.3. The molecule has 5 heterocycles. The number of hydrogen-bond acceptors (Lipinski definition) is 30. The zero-order valence-electron chi connectivity index (χ0n) is 63.3. The number of carbonyl (C=O) groups excluding carboxylic acids is 3. The number of aliphatic hydroxyl groups excluding tert-OH is 16. The minimum absolute atomic E-state index is 0.162. The fraction of sp³-hybridized carbons (Fsp3) is 0.946. The molecule has 0 aromatic carbocycles. The van der Waals surface area contributed by atoms with Crippen LogP contribution in [0.15, 0.2) is 0 Å². The third-order valence-electron chi connectivity index (χ3n) is 21.2. The molecule has 28 atom stereocenters. The third kappa shape index (κ3) is 29.4. The van der Waals surface area contributed by atoms with Crippen LogP contribution in [0.25, 0.3) is 0 Å². The van der Waals surface area contributed by atoms with Crippen molar-refractivity contribution in [2.75, 3.05) is 39.6 Å². The number of aliphatic hydroxyl groups is 16. The van der Waals surface area contributed by atoms with E-state index in [0.717, 1.165) is 71.6 Å². The van der Waals surface area contributed by atoms with Gasteiger partial charge in [0.05, 0.1) is 70.0 Å². The second-order valence-electron chi connectivity index (χ2n) is 30.0. The summed E-state index contributed by atoms with van der Waals surface area (Å²) in [6, 6.07) is -2.80. The summed E-state index contributed by atoms with van der Waals surface area (Å²) in [5.41, 5.74) is 0. The van der Waals surface area contributed by atoms with Crippen LogP contribution in [0.1, 0.15) is 233 Å². The largest absolute Gasteiger partial charge is 0.477 e. The molecular formula is C74H134N2O31. The molecule has 0 radical (unpaired) electrons. The first-order chi connectivity index (χ1) is 51.3. The van der Waals surface area contributed by atoms with Gasteiger partial charge in [-0.3, -0.25) is 9.59 Å². The molecule has 5 saturated heterocycles. The molecule has 33 heteroatoms. The van der Waals surface area contributed by atoms with Gasteiger partial charge >= 0.3 is 5.97 Å². The summed E-state index contributed by atoms with van der Waals surface area (Å²) < 4.78 is 60.5. The van der Waals surface area contributed by atoms with Crippen molar-refractivity contribution >= 4 is 23.6 Å². The van der Waals surface area contributed by atoms with Crippen molar-refractivity contribution in [1.29, 1.82) is 0 Å². The number of ether oxygens (including phenoxy) is 10. The van der Waals surface area contributed by atoms with Crippen LogP contribution in [0.4, 0.5) is 0 Å². The van der Waals surface area contributed by atoms with E-state index in [2.05, 4.69) is 24.5 Å². The predicted molar refractivity (Wildman–Crippen MR) is 380 cm³/mol. The molecule has 5 aliphatic rings. The molecule has 33 nitrogen and oxygen atoms in total. The van der Waals surface area contributed by atoms with Gasteiger partial charge in [-0.1, -0.05) is 187 Å². The molecule has 0 saturated carbocycles. The summed E-state index contributed by atoms with van der Waals surface area (Å²) >= 11 is 0. The Hall–Kier alpha value is -2.96. The molecule has 0 aromatic rings. The fourth-order valence-corrected chi connectivity index (χ4v) is 14.9. The molecule has 19 N–H and O–H groups in total. The lowest BCUT2D eigenvalue weighted by molar-refractivity contribution is -0.406. The molecule has 0 aromatic heterocycles. The highest BCUT2D eigenvalue weighted by Crippen LogP contribution is 2.42. The number of nitrogens with one attached hydrogen (secondary N) is 2. The van der Waals surface area contributed by atoms with Gasteiger partial charge in [-0.2, -0.15) is 0 Å². The molecule has 5 rings (SSSR count). The van der Waals surface area contributed by atoms with E-state index in [0.29, 0.717) is 12.8 Å². The Morgan fingerprint density at radius 3 is 1.41 bits per heavy atom. The number of aliphatic carboxylic acids is 1. The number of hydrogen-bond donors (Lipinski definition) is 19. The molecule has 0 aliphatic carbocycles. The van der Waals surface area contributed by atoms with E-state index in [1.165, 1.54) is 109 Å². The summed E-state index contributed by atoms with van der Waals surface area (Å²) in [5, 5.41) is 195.